The minimum Gasteiger partial charge on any atom is -0.388 e. The molecule has 0 radical (unpaired) electrons. The van der Waals surface area contributed by atoms with Crippen LogP contribution in [0.5, 0.6) is 0 Å². The van der Waals surface area contributed by atoms with Gasteiger partial charge in [0, 0.05) is 19.6 Å². The third-order valence-corrected chi connectivity index (χ3v) is 2.76. The highest BCUT2D eigenvalue weighted by molar-refractivity contribution is 5.45. The summed E-state index contributed by atoms with van der Waals surface area (Å²) in [6.07, 6.45) is 4.23. The summed E-state index contributed by atoms with van der Waals surface area (Å²) in [6.45, 7) is 6.16. The monoisotopic (exact) mass is 222 g/mol. The van der Waals surface area contributed by atoms with Gasteiger partial charge in [0.25, 0.3) is 0 Å². The van der Waals surface area contributed by atoms with Crippen molar-refractivity contribution in [2.75, 3.05) is 29.9 Å². The molecule has 0 spiro atoms. The molecule has 5 nitrogen and oxygen atoms in total. The minimum absolute atomic E-state index is 0.601. The molecule has 1 fully saturated rings. The van der Waals surface area contributed by atoms with E-state index in [1.807, 2.05) is 13.8 Å². The molecule has 2 rings (SSSR count). The fourth-order valence-electron chi connectivity index (χ4n) is 1.91. The Morgan fingerprint density at radius 1 is 1.56 bits per heavy atom. The molecule has 1 aromatic heterocycles. The average molecular weight is 222 g/mol. The highest BCUT2D eigenvalue weighted by atomic mass is 16.3. The van der Waals surface area contributed by atoms with Crippen molar-refractivity contribution < 1.29 is 5.11 Å². The van der Waals surface area contributed by atoms with Crippen molar-refractivity contribution in [2.45, 2.75) is 25.9 Å². The van der Waals surface area contributed by atoms with Gasteiger partial charge in [-0.2, -0.15) is 0 Å². The van der Waals surface area contributed by atoms with Gasteiger partial charge in [-0.3, -0.25) is 4.98 Å². The summed E-state index contributed by atoms with van der Waals surface area (Å²) in [5.74, 6) is 1.61. The lowest BCUT2D eigenvalue weighted by atomic mass is 10.1. The van der Waals surface area contributed by atoms with Crippen LogP contribution in [0.1, 0.15) is 20.3 Å². The molecule has 1 aliphatic heterocycles. The Hall–Kier alpha value is -1.36. The van der Waals surface area contributed by atoms with Crippen LogP contribution in [-0.4, -0.2) is 40.3 Å². The van der Waals surface area contributed by atoms with Crippen LogP contribution in [0.3, 0.4) is 0 Å². The van der Waals surface area contributed by atoms with E-state index in [4.69, 9.17) is 0 Å². The number of aromatic nitrogens is 2. The van der Waals surface area contributed by atoms with Gasteiger partial charge in [-0.05, 0) is 20.3 Å². The molecular formula is C11H18N4O. The summed E-state index contributed by atoms with van der Waals surface area (Å²) in [5.41, 5.74) is -0.601. The average Bonchev–Trinajstić information content (AvgIpc) is 2.60. The number of hydrogen-bond donors (Lipinski definition) is 2. The van der Waals surface area contributed by atoms with Gasteiger partial charge in [0.1, 0.15) is 11.6 Å². The highest BCUT2D eigenvalue weighted by Gasteiger charge is 2.32. The molecule has 88 valence electrons. The minimum atomic E-state index is -0.601. The molecule has 0 aromatic carbocycles. The summed E-state index contributed by atoms with van der Waals surface area (Å²) < 4.78 is 0. The van der Waals surface area contributed by atoms with Gasteiger partial charge in [-0.1, -0.05) is 0 Å². The molecule has 1 atom stereocenters. The zero-order chi connectivity index (χ0) is 11.6. The number of rotatable bonds is 3. The van der Waals surface area contributed by atoms with E-state index in [2.05, 4.69) is 20.2 Å². The van der Waals surface area contributed by atoms with Crippen LogP contribution in [0.2, 0.25) is 0 Å². The van der Waals surface area contributed by atoms with Crippen molar-refractivity contribution in [3.05, 3.63) is 12.4 Å². The highest BCUT2D eigenvalue weighted by Crippen LogP contribution is 2.24. The van der Waals surface area contributed by atoms with E-state index >= 15 is 0 Å². The van der Waals surface area contributed by atoms with Gasteiger partial charge in [-0.25, -0.2) is 4.98 Å². The summed E-state index contributed by atoms with van der Waals surface area (Å²) in [7, 11) is 0. The van der Waals surface area contributed by atoms with Crippen LogP contribution in [0.25, 0.3) is 0 Å². The molecule has 0 bridgehead atoms. The third kappa shape index (κ3) is 2.41. The van der Waals surface area contributed by atoms with Crippen LogP contribution >= 0.6 is 0 Å². The molecule has 0 saturated carbocycles. The predicted molar refractivity (Wildman–Crippen MR) is 63.6 cm³/mol. The molecule has 5 heteroatoms. The van der Waals surface area contributed by atoms with E-state index < -0.39 is 5.60 Å². The number of aliphatic hydroxyl groups is 1. The quantitative estimate of drug-likeness (QED) is 0.794. The Balaban J connectivity index is 2.12. The van der Waals surface area contributed by atoms with E-state index in [-0.39, 0.29) is 0 Å². The molecule has 0 aliphatic carbocycles. The summed E-state index contributed by atoms with van der Waals surface area (Å²) in [4.78, 5) is 10.7. The molecule has 1 aliphatic rings. The molecule has 1 saturated heterocycles. The summed E-state index contributed by atoms with van der Waals surface area (Å²) in [6, 6.07) is 0. The first-order valence-corrected chi connectivity index (χ1v) is 5.64. The van der Waals surface area contributed by atoms with Crippen molar-refractivity contribution in [3.8, 4) is 0 Å². The first-order chi connectivity index (χ1) is 7.61. The number of nitrogens with zero attached hydrogens (tertiary/aromatic N) is 3. The van der Waals surface area contributed by atoms with E-state index in [9.17, 15) is 5.11 Å². The maximum Gasteiger partial charge on any atom is 0.149 e. The zero-order valence-corrected chi connectivity index (χ0v) is 9.77. The van der Waals surface area contributed by atoms with Gasteiger partial charge in [-0.15, -0.1) is 0 Å². The number of nitrogens with one attached hydrogen (secondary N) is 1. The zero-order valence-electron chi connectivity index (χ0n) is 9.77. The molecule has 1 unspecified atom stereocenters. The second-order valence-corrected chi connectivity index (χ2v) is 4.46. The number of β-amino-alcohol motifs (C(OH)–C–C–N with tert-alkyl or cyclic N) is 1. The Kier molecular flexibility index (Phi) is 2.96. The Bertz CT molecular complexity index is 367. The summed E-state index contributed by atoms with van der Waals surface area (Å²) in [5, 5.41) is 13.0. The Morgan fingerprint density at radius 2 is 2.38 bits per heavy atom. The van der Waals surface area contributed by atoms with Crippen LogP contribution in [0, 0.1) is 0 Å². The van der Waals surface area contributed by atoms with E-state index in [1.165, 1.54) is 0 Å². The molecule has 2 heterocycles. The first kappa shape index (κ1) is 11.1. The fraction of sp³-hybridized carbons (Fsp3) is 0.636. The molecule has 2 N–H and O–H groups in total. The van der Waals surface area contributed by atoms with E-state index in [0.29, 0.717) is 6.54 Å². The van der Waals surface area contributed by atoms with Crippen molar-refractivity contribution in [3.63, 3.8) is 0 Å². The number of hydrogen-bond acceptors (Lipinski definition) is 5. The van der Waals surface area contributed by atoms with Crippen LogP contribution in [0.4, 0.5) is 11.6 Å². The number of anilines is 2. The predicted octanol–water partition coefficient (Wildman–Crippen LogP) is 0.869. The topological polar surface area (TPSA) is 61.3 Å². The van der Waals surface area contributed by atoms with Crippen LogP contribution < -0.4 is 10.2 Å². The van der Waals surface area contributed by atoms with Crippen molar-refractivity contribution in [1.29, 1.82) is 0 Å². The van der Waals surface area contributed by atoms with E-state index in [0.717, 1.165) is 31.1 Å². The van der Waals surface area contributed by atoms with Gasteiger partial charge in [0.2, 0.25) is 0 Å². The van der Waals surface area contributed by atoms with E-state index in [1.54, 1.807) is 12.4 Å². The van der Waals surface area contributed by atoms with Crippen molar-refractivity contribution in [1.82, 2.24) is 9.97 Å². The van der Waals surface area contributed by atoms with Gasteiger partial charge < -0.3 is 15.3 Å². The SMILES string of the molecule is CCNc1cncc(N2CCC(C)(O)C2)n1. The largest absolute Gasteiger partial charge is 0.388 e. The van der Waals surface area contributed by atoms with Gasteiger partial charge in [0.15, 0.2) is 0 Å². The maximum atomic E-state index is 9.89. The van der Waals surface area contributed by atoms with Gasteiger partial charge in [0.05, 0.1) is 18.0 Å². The van der Waals surface area contributed by atoms with Crippen molar-refractivity contribution >= 4 is 11.6 Å². The van der Waals surface area contributed by atoms with Crippen LogP contribution in [0.15, 0.2) is 12.4 Å². The lowest BCUT2D eigenvalue weighted by Crippen LogP contribution is -2.30. The van der Waals surface area contributed by atoms with Crippen LogP contribution in [-0.2, 0) is 0 Å². The van der Waals surface area contributed by atoms with Crippen molar-refractivity contribution in [2.24, 2.45) is 0 Å². The molecular weight excluding hydrogens is 204 g/mol. The lowest BCUT2D eigenvalue weighted by Gasteiger charge is -2.19. The Morgan fingerprint density at radius 3 is 3.00 bits per heavy atom. The first-order valence-electron chi connectivity index (χ1n) is 5.64. The normalized spacial score (nSPS) is 24.8. The third-order valence-electron chi connectivity index (χ3n) is 2.76. The van der Waals surface area contributed by atoms with Gasteiger partial charge >= 0.3 is 0 Å². The molecule has 1 aromatic rings. The Labute approximate surface area is 95.5 Å². The smallest absolute Gasteiger partial charge is 0.149 e. The second kappa shape index (κ2) is 4.25. The fourth-order valence-corrected chi connectivity index (χ4v) is 1.91. The molecule has 0 amide bonds. The molecule has 16 heavy (non-hydrogen) atoms. The standard InChI is InChI=1S/C11H18N4O/c1-3-13-9-6-12-7-10(14-9)15-5-4-11(2,16)8-15/h6-7,16H,3-5,8H2,1-2H3,(H,13,14). The summed E-state index contributed by atoms with van der Waals surface area (Å²) >= 11 is 0. The second-order valence-electron chi connectivity index (χ2n) is 4.46. The lowest BCUT2D eigenvalue weighted by molar-refractivity contribution is 0.0839. The maximum absolute atomic E-state index is 9.89.